The van der Waals surface area contributed by atoms with E-state index >= 15 is 0 Å². The Hall–Kier alpha value is -4.77. The van der Waals surface area contributed by atoms with Crippen molar-refractivity contribution in [3.05, 3.63) is 94.9 Å². The lowest BCUT2D eigenvalue weighted by molar-refractivity contribution is -0.123. The maximum Gasteiger partial charge on any atom is 0.356 e. The quantitative estimate of drug-likeness (QED) is 0.339. The number of anilines is 1. The molecular formula is C28H25N3O7S. The molecule has 0 aliphatic rings. The van der Waals surface area contributed by atoms with Crippen LogP contribution < -0.4 is 15.6 Å². The largest absolute Gasteiger partial charge is 0.448 e. The second-order valence-electron chi connectivity index (χ2n) is 8.72. The predicted octanol–water partition coefficient (Wildman–Crippen LogP) is 3.21. The third kappa shape index (κ3) is 5.73. The van der Waals surface area contributed by atoms with E-state index < -0.39 is 33.9 Å². The van der Waals surface area contributed by atoms with Gasteiger partial charge in [0.2, 0.25) is 5.91 Å². The standard InChI is InChI=1S/C28H25N3O7S/c1-17(26(33)29-20-13-15-21(16-14-20)39(36,37)30-18(2)32)38-28(35)25-24(19-9-5-4-6-10-19)22-11-7-8-12-23(22)27(34)31(25)3/h4-17H,1-3H3,(H,29,33)(H,30,32). The van der Waals surface area contributed by atoms with E-state index in [0.717, 1.165) is 6.92 Å². The summed E-state index contributed by atoms with van der Waals surface area (Å²) in [5.74, 6) is -2.27. The van der Waals surface area contributed by atoms with Gasteiger partial charge in [0.25, 0.3) is 21.5 Å². The van der Waals surface area contributed by atoms with Gasteiger partial charge in [-0.15, -0.1) is 0 Å². The van der Waals surface area contributed by atoms with Gasteiger partial charge in [-0.05, 0) is 48.2 Å². The third-order valence-corrected chi connectivity index (χ3v) is 7.37. The molecule has 0 bridgehead atoms. The molecule has 2 N–H and O–H groups in total. The molecule has 3 aromatic carbocycles. The number of carbonyl (C=O) groups excluding carboxylic acids is 3. The van der Waals surface area contributed by atoms with Crippen molar-refractivity contribution in [2.75, 3.05) is 5.32 Å². The fourth-order valence-electron chi connectivity index (χ4n) is 4.08. The second-order valence-corrected chi connectivity index (χ2v) is 10.4. The number of sulfonamides is 1. The van der Waals surface area contributed by atoms with Gasteiger partial charge in [-0.3, -0.25) is 14.4 Å². The van der Waals surface area contributed by atoms with E-state index in [1.165, 1.54) is 42.8 Å². The van der Waals surface area contributed by atoms with Crippen LogP contribution in [0, 0.1) is 0 Å². The monoisotopic (exact) mass is 547 g/mol. The number of nitrogens with one attached hydrogen (secondary N) is 2. The molecule has 1 unspecified atom stereocenters. The number of aromatic nitrogens is 1. The molecular weight excluding hydrogens is 522 g/mol. The van der Waals surface area contributed by atoms with Crippen molar-refractivity contribution in [2.24, 2.45) is 7.05 Å². The van der Waals surface area contributed by atoms with Crippen LogP contribution in [0.15, 0.2) is 88.6 Å². The average molecular weight is 548 g/mol. The maximum absolute atomic E-state index is 13.4. The van der Waals surface area contributed by atoms with E-state index in [-0.39, 0.29) is 21.8 Å². The lowest BCUT2D eigenvalue weighted by atomic mass is 9.97. The normalized spacial score (nSPS) is 12.0. The molecule has 1 heterocycles. The third-order valence-electron chi connectivity index (χ3n) is 5.92. The van der Waals surface area contributed by atoms with Gasteiger partial charge in [-0.25, -0.2) is 17.9 Å². The SMILES string of the molecule is CC(=O)NS(=O)(=O)c1ccc(NC(=O)C(C)OC(=O)c2c(-c3ccccc3)c3ccccc3c(=O)n2C)cc1. The minimum atomic E-state index is -4.03. The Kier molecular flexibility index (Phi) is 7.63. The predicted molar refractivity (Wildman–Crippen MR) is 146 cm³/mol. The fraction of sp³-hybridized carbons (Fsp3) is 0.143. The zero-order chi connectivity index (χ0) is 28.3. The van der Waals surface area contributed by atoms with Crippen LogP contribution in [0.3, 0.4) is 0 Å². The second kappa shape index (κ2) is 10.9. The lowest BCUT2D eigenvalue weighted by Crippen LogP contribution is -2.33. The van der Waals surface area contributed by atoms with Gasteiger partial charge < -0.3 is 14.6 Å². The summed E-state index contributed by atoms with van der Waals surface area (Å²) >= 11 is 0. The summed E-state index contributed by atoms with van der Waals surface area (Å²) in [7, 11) is -2.56. The van der Waals surface area contributed by atoms with Gasteiger partial charge in [0.05, 0.1) is 4.90 Å². The van der Waals surface area contributed by atoms with Crippen LogP contribution in [0.2, 0.25) is 0 Å². The number of pyridine rings is 1. The van der Waals surface area contributed by atoms with Crippen molar-refractivity contribution in [1.82, 2.24) is 9.29 Å². The molecule has 0 saturated carbocycles. The van der Waals surface area contributed by atoms with Crippen molar-refractivity contribution in [3.8, 4) is 11.1 Å². The molecule has 4 aromatic rings. The Balaban J connectivity index is 1.60. The number of hydrogen-bond donors (Lipinski definition) is 2. The van der Waals surface area contributed by atoms with E-state index in [2.05, 4.69) is 5.32 Å². The molecule has 39 heavy (non-hydrogen) atoms. The number of hydrogen-bond acceptors (Lipinski definition) is 7. The van der Waals surface area contributed by atoms with Crippen molar-refractivity contribution < 1.29 is 27.5 Å². The first-order valence-corrected chi connectivity index (χ1v) is 13.3. The minimum absolute atomic E-state index is 0.00270. The topological polar surface area (TPSA) is 141 Å². The van der Waals surface area contributed by atoms with Gasteiger partial charge in [0, 0.05) is 30.6 Å². The van der Waals surface area contributed by atoms with Crippen molar-refractivity contribution in [3.63, 3.8) is 0 Å². The highest BCUT2D eigenvalue weighted by atomic mass is 32.2. The highest BCUT2D eigenvalue weighted by Gasteiger charge is 2.26. The minimum Gasteiger partial charge on any atom is -0.448 e. The Morgan fingerprint density at radius 2 is 1.46 bits per heavy atom. The first-order chi connectivity index (χ1) is 18.5. The average Bonchev–Trinajstić information content (AvgIpc) is 2.90. The smallest absolute Gasteiger partial charge is 0.356 e. The summed E-state index contributed by atoms with van der Waals surface area (Å²) in [5.41, 5.74) is 1.05. The van der Waals surface area contributed by atoms with E-state index in [1.54, 1.807) is 24.3 Å². The summed E-state index contributed by atoms with van der Waals surface area (Å²) in [5, 5.41) is 3.56. The first-order valence-electron chi connectivity index (χ1n) is 11.8. The number of nitrogens with zero attached hydrogens (tertiary/aromatic N) is 1. The van der Waals surface area contributed by atoms with Crippen LogP contribution in [-0.4, -0.2) is 36.9 Å². The number of benzene rings is 3. The number of ether oxygens (including phenoxy) is 1. The summed E-state index contributed by atoms with van der Waals surface area (Å²) in [4.78, 5) is 50.2. The molecule has 2 amide bonds. The van der Waals surface area contributed by atoms with Crippen LogP contribution in [0.4, 0.5) is 5.69 Å². The maximum atomic E-state index is 13.4. The summed E-state index contributed by atoms with van der Waals surface area (Å²) < 4.78 is 32.8. The van der Waals surface area contributed by atoms with E-state index in [4.69, 9.17) is 4.74 Å². The number of amides is 2. The zero-order valence-corrected chi connectivity index (χ0v) is 22.1. The molecule has 0 radical (unpaired) electrons. The molecule has 0 aliphatic heterocycles. The van der Waals surface area contributed by atoms with E-state index in [9.17, 15) is 27.6 Å². The molecule has 0 fully saturated rings. The Bertz CT molecular complexity index is 1750. The summed E-state index contributed by atoms with van der Waals surface area (Å²) in [6, 6.07) is 21.1. The van der Waals surface area contributed by atoms with Gasteiger partial charge in [0.1, 0.15) is 5.69 Å². The van der Waals surface area contributed by atoms with E-state index in [0.29, 0.717) is 21.9 Å². The molecule has 11 heteroatoms. The molecule has 1 atom stereocenters. The fourth-order valence-corrected chi connectivity index (χ4v) is 5.07. The Morgan fingerprint density at radius 3 is 2.08 bits per heavy atom. The molecule has 0 aliphatic carbocycles. The van der Waals surface area contributed by atoms with Crippen molar-refractivity contribution in [2.45, 2.75) is 24.8 Å². The van der Waals surface area contributed by atoms with Crippen LogP contribution in [0.25, 0.3) is 21.9 Å². The molecule has 0 spiro atoms. The van der Waals surface area contributed by atoms with Crippen LogP contribution in [0.5, 0.6) is 0 Å². The van der Waals surface area contributed by atoms with Crippen LogP contribution in [-0.2, 0) is 31.4 Å². The molecule has 1 aromatic heterocycles. The van der Waals surface area contributed by atoms with Crippen LogP contribution in [0.1, 0.15) is 24.3 Å². The Morgan fingerprint density at radius 1 is 0.872 bits per heavy atom. The number of esters is 1. The molecule has 200 valence electrons. The van der Waals surface area contributed by atoms with Crippen LogP contribution >= 0.6 is 0 Å². The molecule has 4 rings (SSSR count). The van der Waals surface area contributed by atoms with Gasteiger partial charge in [0.15, 0.2) is 6.10 Å². The van der Waals surface area contributed by atoms with Gasteiger partial charge >= 0.3 is 5.97 Å². The van der Waals surface area contributed by atoms with Crippen molar-refractivity contribution >= 4 is 44.3 Å². The van der Waals surface area contributed by atoms with E-state index in [1.807, 2.05) is 35.1 Å². The highest BCUT2D eigenvalue weighted by Crippen LogP contribution is 2.31. The molecule has 10 nitrogen and oxygen atoms in total. The zero-order valence-electron chi connectivity index (χ0n) is 21.3. The lowest BCUT2D eigenvalue weighted by Gasteiger charge is -2.19. The Labute approximate surface area is 224 Å². The number of carbonyl (C=O) groups is 3. The highest BCUT2D eigenvalue weighted by molar-refractivity contribution is 7.90. The summed E-state index contributed by atoms with van der Waals surface area (Å²) in [6.45, 7) is 2.46. The number of rotatable bonds is 7. The first kappa shape index (κ1) is 27.3. The van der Waals surface area contributed by atoms with Gasteiger partial charge in [-0.1, -0.05) is 48.5 Å². The molecule has 0 saturated heterocycles. The summed E-state index contributed by atoms with van der Waals surface area (Å²) in [6.07, 6.45) is -1.26. The van der Waals surface area contributed by atoms with Gasteiger partial charge in [-0.2, -0.15) is 0 Å². The van der Waals surface area contributed by atoms with Crippen molar-refractivity contribution in [1.29, 1.82) is 0 Å². The number of fused-ring (bicyclic) bond motifs is 1.